The van der Waals surface area contributed by atoms with Crippen LogP contribution in [0.2, 0.25) is 0 Å². The predicted octanol–water partition coefficient (Wildman–Crippen LogP) is 1.63. The van der Waals surface area contributed by atoms with Crippen molar-refractivity contribution in [2.45, 2.75) is 25.3 Å². The summed E-state index contributed by atoms with van der Waals surface area (Å²) < 4.78 is 6.66. The molecule has 1 unspecified atom stereocenters. The number of nitrogens with zero attached hydrogens (tertiary/aromatic N) is 1. The lowest BCUT2D eigenvalue weighted by atomic mass is 10.0. The molecule has 1 atom stereocenters. The van der Waals surface area contributed by atoms with Gasteiger partial charge in [0.25, 0.3) is 0 Å². The fourth-order valence-electron chi connectivity index (χ4n) is 2.29. The molecule has 1 aromatic rings. The van der Waals surface area contributed by atoms with E-state index in [1.807, 2.05) is 23.7 Å². The molecule has 0 radical (unpaired) electrons. The molecule has 4 nitrogen and oxygen atoms in total. The summed E-state index contributed by atoms with van der Waals surface area (Å²) in [4.78, 5) is 11.5. The van der Waals surface area contributed by atoms with Crippen LogP contribution in [0.25, 0.3) is 0 Å². The van der Waals surface area contributed by atoms with Crippen molar-refractivity contribution >= 4 is 5.97 Å². The summed E-state index contributed by atoms with van der Waals surface area (Å²) in [5.41, 5.74) is 1.78. The third-order valence-corrected chi connectivity index (χ3v) is 3.22. The molecule has 0 aromatic carbocycles. The molecular weight excluding hydrogens is 204 g/mol. The van der Waals surface area contributed by atoms with E-state index in [4.69, 9.17) is 4.74 Å². The van der Waals surface area contributed by atoms with Gasteiger partial charge in [0.2, 0.25) is 0 Å². The zero-order valence-corrected chi connectivity index (χ0v) is 9.82. The minimum Gasteiger partial charge on any atom is -0.464 e. The number of methoxy groups -OCH3 is 1. The van der Waals surface area contributed by atoms with E-state index in [0.717, 1.165) is 13.0 Å². The highest BCUT2D eigenvalue weighted by molar-refractivity contribution is 5.87. The Kier molecular flexibility index (Phi) is 3.29. The molecule has 0 aliphatic carbocycles. The fraction of sp³-hybridized carbons (Fsp3) is 0.583. The molecule has 2 heterocycles. The summed E-state index contributed by atoms with van der Waals surface area (Å²) in [5.74, 6) is -0.274. The van der Waals surface area contributed by atoms with Crippen LogP contribution in [0.1, 0.15) is 41.5 Å². The van der Waals surface area contributed by atoms with Gasteiger partial charge in [-0.2, -0.15) is 0 Å². The Bertz CT molecular complexity index is 378. The van der Waals surface area contributed by atoms with Gasteiger partial charge in [0, 0.05) is 18.8 Å². The molecule has 16 heavy (non-hydrogen) atoms. The largest absolute Gasteiger partial charge is 0.464 e. The Morgan fingerprint density at radius 2 is 2.31 bits per heavy atom. The molecule has 0 spiro atoms. The van der Waals surface area contributed by atoms with Crippen LogP contribution in [0.3, 0.4) is 0 Å². The normalized spacial score (nSPS) is 20.8. The van der Waals surface area contributed by atoms with E-state index >= 15 is 0 Å². The number of esters is 1. The number of hydrogen-bond donors (Lipinski definition) is 1. The molecule has 88 valence electrons. The van der Waals surface area contributed by atoms with Crippen molar-refractivity contribution in [2.24, 2.45) is 7.05 Å². The van der Waals surface area contributed by atoms with Crippen molar-refractivity contribution < 1.29 is 9.53 Å². The van der Waals surface area contributed by atoms with Crippen molar-refractivity contribution in [3.8, 4) is 0 Å². The SMILES string of the molecule is COC(=O)c1ccc(C2CCCCN2)n1C. The second kappa shape index (κ2) is 4.70. The Morgan fingerprint density at radius 1 is 1.50 bits per heavy atom. The molecule has 1 aliphatic rings. The Labute approximate surface area is 95.6 Å². The van der Waals surface area contributed by atoms with E-state index in [2.05, 4.69) is 5.32 Å². The number of aromatic nitrogens is 1. The molecular formula is C12H18N2O2. The van der Waals surface area contributed by atoms with Crippen molar-refractivity contribution in [3.63, 3.8) is 0 Å². The van der Waals surface area contributed by atoms with Gasteiger partial charge in [0.1, 0.15) is 5.69 Å². The van der Waals surface area contributed by atoms with Crippen LogP contribution in [0.15, 0.2) is 12.1 Å². The second-order valence-corrected chi connectivity index (χ2v) is 4.20. The lowest BCUT2D eigenvalue weighted by Crippen LogP contribution is -2.28. The van der Waals surface area contributed by atoms with Gasteiger partial charge in [-0.15, -0.1) is 0 Å². The first kappa shape index (κ1) is 11.2. The number of carbonyl (C=O) groups excluding carboxylic acids is 1. The molecule has 1 N–H and O–H groups in total. The predicted molar refractivity (Wildman–Crippen MR) is 61.3 cm³/mol. The zero-order valence-electron chi connectivity index (χ0n) is 9.82. The van der Waals surface area contributed by atoms with Crippen LogP contribution in [0.4, 0.5) is 0 Å². The smallest absolute Gasteiger partial charge is 0.354 e. The van der Waals surface area contributed by atoms with Crippen molar-refractivity contribution in [1.29, 1.82) is 0 Å². The average molecular weight is 222 g/mol. The maximum absolute atomic E-state index is 11.5. The van der Waals surface area contributed by atoms with Gasteiger partial charge in [-0.25, -0.2) is 4.79 Å². The molecule has 1 aromatic heterocycles. The van der Waals surface area contributed by atoms with E-state index in [1.54, 1.807) is 0 Å². The zero-order chi connectivity index (χ0) is 11.5. The van der Waals surface area contributed by atoms with Gasteiger partial charge in [-0.3, -0.25) is 0 Å². The quantitative estimate of drug-likeness (QED) is 0.773. The first-order valence-corrected chi connectivity index (χ1v) is 5.71. The summed E-state index contributed by atoms with van der Waals surface area (Å²) in [5, 5.41) is 3.47. The molecule has 0 amide bonds. The number of hydrogen-bond acceptors (Lipinski definition) is 3. The van der Waals surface area contributed by atoms with E-state index in [9.17, 15) is 4.79 Å². The van der Waals surface area contributed by atoms with Gasteiger partial charge >= 0.3 is 5.97 Å². The van der Waals surface area contributed by atoms with E-state index in [0.29, 0.717) is 11.7 Å². The van der Waals surface area contributed by atoms with E-state index in [-0.39, 0.29) is 5.97 Å². The Balaban J connectivity index is 2.21. The number of ether oxygens (including phenoxy) is 1. The first-order valence-electron chi connectivity index (χ1n) is 5.71. The third-order valence-electron chi connectivity index (χ3n) is 3.22. The second-order valence-electron chi connectivity index (χ2n) is 4.20. The molecule has 1 aliphatic heterocycles. The summed E-state index contributed by atoms with van der Waals surface area (Å²) in [7, 11) is 3.33. The van der Waals surface area contributed by atoms with Crippen molar-refractivity contribution in [1.82, 2.24) is 9.88 Å². The number of carbonyl (C=O) groups is 1. The number of nitrogens with one attached hydrogen (secondary N) is 1. The first-order chi connectivity index (χ1) is 7.74. The lowest BCUT2D eigenvalue weighted by Gasteiger charge is -2.24. The monoisotopic (exact) mass is 222 g/mol. The van der Waals surface area contributed by atoms with Crippen LogP contribution in [-0.4, -0.2) is 24.2 Å². The molecule has 1 fully saturated rings. The van der Waals surface area contributed by atoms with Crippen LogP contribution in [0, 0.1) is 0 Å². The topological polar surface area (TPSA) is 43.3 Å². The van der Waals surface area contributed by atoms with Crippen molar-refractivity contribution in [3.05, 3.63) is 23.5 Å². The molecule has 0 bridgehead atoms. The molecule has 0 saturated carbocycles. The minimum atomic E-state index is -0.274. The van der Waals surface area contributed by atoms with Crippen molar-refractivity contribution in [2.75, 3.05) is 13.7 Å². The van der Waals surface area contributed by atoms with Gasteiger partial charge in [-0.05, 0) is 31.5 Å². The maximum Gasteiger partial charge on any atom is 0.354 e. The molecule has 1 saturated heterocycles. The standard InChI is InChI=1S/C12H18N2O2/c1-14-10(9-5-3-4-8-13-9)6-7-11(14)12(15)16-2/h6-7,9,13H,3-5,8H2,1-2H3. The highest BCUT2D eigenvalue weighted by Crippen LogP contribution is 2.24. The summed E-state index contributed by atoms with van der Waals surface area (Å²) in [6.07, 6.45) is 3.62. The summed E-state index contributed by atoms with van der Waals surface area (Å²) >= 11 is 0. The minimum absolute atomic E-state index is 0.274. The van der Waals surface area contributed by atoms with E-state index < -0.39 is 0 Å². The van der Waals surface area contributed by atoms with Crippen LogP contribution >= 0.6 is 0 Å². The van der Waals surface area contributed by atoms with Gasteiger partial charge in [-0.1, -0.05) is 6.42 Å². The lowest BCUT2D eigenvalue weighted by molar-refractivity contribution is 0.0589. The maximum atomic E-state index is 11.5. The number of piperidine rings is 1. The summed E-state index contributed by atoms with van der Waals surface area (Å²) in [6.45, 7) is 1.06. The third kappa shape index (κ3) is 1.97. The molecule has 4 heteroatoms. The number of rotatable bonds is 2. The Morgan fingerprint density at radius 3 is 2.94 bits per heavy atom. The highest BCUT2D eigenvalue weighted by atomic mass is 16.5. The summed E-state index contributed by atoms with van der Waals surface area (Å²) in [6, 6.07) is 4.21. The van der Waals surface area contributed by atoms with Crippen LogP contribution in [0.5, 0.6) is 0 Å². The van der Waals surface area contributed by atoms with Gasteiger partial charge in [0.05, 0.1) is 7.11 Å². The van der Waals surface area contributed by atoms with Gasteiger partial charge < -0.3 is 14.6 Å². The fourth-order valence-corrected chi connectivity index (χ4v) is 2.29. The highest BCUT2D eigenvalue weighted by Gasteiger charge is 2.20. The average Bonchev–Trinajstić information content (AvgIpc) is 2.71. The molecule has 2 rings (SSSR count). The Hall–Kier alpha value is -1.29. The van der Waals surface area contributed by atoms with E-state index in [1.165, 1.54) is 25.6 Å². The van der Waals surface area contributed by atoms with Gasteiger partial charge in [0.15, 0.2) is 0 Å². The van der Waals surface area contributed by atoms with Crippen LogP contribution < -0.4 is 5.32 Å². The van der Waals surface area contributed by atoms with Crippen LogP contribution in [-0.2, 0) is 11.8 Å².